The lowest BCUT2D eigenvalue weighted by Crippen LogP contribution is -2.26. The summed E-state index contributed by atoms with van der Waals surface area (Å²) in [6, 6.07) is 10.9. The van der Waals surface area contributed by atoms with Crippen molar-refractivity contribution in [1.29, 1.82) is 0 Å². The van der Waals surface area contributed by atoms with Gasteiger partial charge in [-0.25, -0.2) is 4.79 Å². The molecule has 0 spiro atoms. The van der Waals surface area contributed by atoms with Crippen molar-refractivity contribution in [2.45, 2.75) is 11.2 Å². The number of carboxylic acids is 1. The van der Waals surface area contributed by atoms with Crippen molar-refractivity contribution >= 4 is 44.3 Å². The van der Waals surface area contributed by atoms with Gasteiger partial charge in [-0.2, -0.15) is 0 Å². The van der Waals surface area contributed by atoms with E-state index in [1.807, 2.05) is 24.3 Å². The minimum atomic E-state index is -1.02. The van der Waals surface area contributed by atoms with E-state index in [2.05, 4.69) is 15.9 Å². The number of carbonyl (C=O) groups is 2. The molecule has 0 aliphatic carbocycles. The zero-order valence-corrected chi connectivity index (χ0v) is 12.1. The van der Waals surface area contributed by atoms with Crippen molar-refractivity contribution in [3.05, 3.63) is 42.0 Å². The normalized spacial score (nSPS) is 18.8. The number of anilines is 1. The zero-order chi connectivity index (χ0) is 14.3. The van der Waals surface area contributed by atoms with Crippen LogP contribution >= 0.6 is 15.9 Å². The first-order valence-electron chi connectivity index (χ1n) is 6.27. The Balaban J connectivity index is 2.20. The Morgan fingerprint density at radius 3 is 2.45 bits per heavy atom. The second kappa shape index (κ2) is 4.90. The van der Waals surface area contributed by atoms with Gasteiger partial charge >= 0.3 is 5.97 Å². The third kappa shape index (κ3) is 2.18. The molecule has 1 amide bonds. The zero-order valence-electron chi connectivity index (χ0n) is 10.5. The molecule has 1 heterocycles. The average molecular weight is 334 g/mol. The van der Waals surface area contributed by atoms with Crippen LogP contribution in [0, 0.1) is 0 Å². The maximum atomic E-state index is 12.0. The van der Waals surface area contributed by atoms with E-state index in [4.69, 9.17) is 0 Å². The summed E-state index contributed by atoms with van der Waals surface area (Å²) in [6.07, 6.45) is 0.395. The monoisotopic (exact) mass is 333 g/mol. The maximum Gasteiger partial charge on any atom is 0.337 e. The Kier molecular flexibility index (Phi) is 3.22. The molecule has 1 aliphatic heterocycles. The Bertz CT molecular complexity index is 713. The quantitative estimate of drug-likeness (QED) is 0.859. The number of hydrogen-bond acceptors (Lipinski definition) is 2. The Hall–Kier alpha value is -1.88. The molecule has 0 saturated carbocycles. The number of halogens is 1. The van der Waals surface area contributed by atoms with E-state index in [0.29, 0.717) is 18.7 Å². The van der Waals surface area contributed by atoms with Gasteiger partial charge in [0.1, 0.15) is 0 Å². The second-order valence-electron chi connectivity index (χ2n) is 4.83. The molecule has 5 heteroatoms. The van der Waals surface area contributed by atoms with Crippen molar-refractivity contribution in [3.63, 3.8) is 0 Å². The topological polar surface area (TPSA) is 57.6 Å². The lowest BCUT2D eigenvalue weighted by Gasteiger charge is -2.19. The fourth-order valence-corrected chi connectivity index (χ4v) is 3.09. The van der Waals surface area contributed by atoms with Crippen LogP contribution in [0.15, 0.2) is 36.4 Å². The number of benzene rings is 2. The minimum Gasteiger partial charge on any atom is -0.478 e. The first kappa shape index (κ1) is 13.1. The predicted octanol–water partition coefficient (Wildman–Crippen LogP) is 3.04. The summed E-state index contributed by atoms with van der Waals surface area (Å²) in [5, 5.41) is 11.2. The lowest BCUT2D eigenvalue weighted by atomic mass is 10.0. The van der Waals surface area contributed by atoms with Gasteiger partial charge in [-0.05, 0) is 22.9 Å². The average Bonchev–Trinajstić information content (AvgIpc) is 2.76. The summed E-state index contributed by atoms with van der Waals surface area (Å²) in [7, 11) is 0. The van der Waals surface area contributed by atoms with Gasteiger partial charge in [0.15, 0.2) is 0 Å². The largest absolute Gasteiger partial charge is 0.478 e. The van der Waals surface area contributed by atoms with E-state index in [1.165, 1.54) is 0 Å². The van der Waals surface area contributed by atoms with Crippen LogP contribution in [0.5, 0.6) is 0 Å². The third-order valence-corrected chi connectivity index (χ3v) is 4.08. The van der Waals surface area contributed by atoms with Gasteiger partial charge in [0.05, 0.1) is 11.3 Å². The number of amides is 1. The molecule has 1 saturated heterocycles. The summed E-state index contributed by atoms with van der Waals surface area (Å²) in [5.74, 6) is -1.07. The lowest BCUT2D eigenvalue weighted by molar-refractivity contribution is -0.117. The van der Waals surface area contributed by atoms with Crippen LogP contribution in [0.3, 0.4) is 0 Å². The highest BCUT2D eigenvalue weighted by Crippen LogP contribution is 2.31. The number of nitrogens with zero attached hydrogens (tertiary/aromatic N) is 1. The summed E-state index contributed by atoms with van der Waals surface area (Å²) in [4.78, 5) is 25.1. The highest BCUT2D eigenvalue weighted by atomic mass is 79.9. The van der Waals surface area contributed by atoms with E-state index >= 15 is 0 Å². The first-order chi connectivity index (χ1) is 9.56. The van der Waals surface area contributed by atoms with E-state index in [-0.39, 0.29) is 16.3 Å². The first-order valence-corrected chi connectivity index (χ1v) is 7.18. The standard InChI is InChI=1S/C15H12BrNO3/c16-11-7-14(18)17(8-11)13-6-10-4-2-1-3-9(10)5-12(13)15(19)20/h1-6,11H,7-8H2,(H,19,20). The van der Waals surface area contributed by atoms with Crippen molar-refractivity contribution in [1.82, 2.24) is 0 Å². The van der Waals surface area contributed by atoms with Gasteiger partial charge in [-0.3, -0.25) is 4.79 Å². The number of carboxylic acid groups (broad SMARTS) is 1. The molecule has 20 heavy (non-hydrogen) atoms. The number of carbonyl (C=O) groups excluding carboxylic acids is 1. The molecule has 102 valence electrons. The number of alkyl halides is 1. The number of aromatic carboxylic acids is 1. The molecule has 2 aromatic carbocycles. The van der Waals surface area contributed by atoms with Crippen LogP contribution in [0.4, 0.5) is 5.69 Å². The molecule has 0 bridgehead atoms. The van der Waals surface area contributed by atoms with Crippen molar-refractivity contribution < 1.29 is 14.7 Å². The molecule has 1 aliphatic rings. The fraction of sp³-hybridized carbons (Fsp3) is 0.200. The molecule has 1 fully saturated rings. The third-order valence-electron chi connectivity index (χ3n) is 3.46. The second-order valence-corrected chi connectivity index (χ2v) is 6.12. The van der Waals surface area contributed by atoms with Gasteiger partial charge in [0.25, 0.3) is 0 Å². The number of hydrogen-bond donors (Lipinski definition) is 1. The van der Waals surface area contributed by atoms with E-state index in [9.17, 15) is 14.7 Å². The molecule has 1 atom stereocenters. The highest BCUT2D eigenvalue weighted by Gasteiger charge is 2.31. The molecule has 1 N–H and O–H groups in total. The van der Waals surface area contributed by atoms with Gasteiger partial charge in [-0.15, -0.1) is 0 Å². The Morgan fingerprint density at radius 1 is 1.25 bits per heavy atom. The number of rotatable bonds is 2. The molecule has 2 aromatic rings. The Morgan fingerprint density at radius 2 is 1.90 bits per heavy atom. The molecule has 1 unspecified atom stereocenters. The SMILES string of the molecule is O=C(O)c1cc2ccccc2cc1N1CC(Br)CC1=O. The molecular formula is C15H12BrNO3. The highest BCUT2D eigenvalue weighted by molar-refractivity contribution is 9.09. The van der Waals surface area contributed by atoms with Crippen LogP contribution < -0.4 is 4.90 Å². The van der Waals surface area contributed by atoms with Crippen LogP contribution in [0.2, 0.25) is 0 Å². The van der Waals surface area contributed by atoms with Gasteiger partial charge in [0.2, 0.25) is 5.91 Å². The summed E-state index contributed by atoms with van der Waals surface area (Å²) in [6.45, 7) is 0.497. The van der Waals surface area contributed by atoms with Crippen molar-refractivity contribution in [3.8, 4) is 0 Å². The molecule has 0 aromatic heterocycles. The van der Waals surface area contributed by atoms with E-state index < -0.39 is 5.97 Å². The number of fused-ring (bicyclic) bond motifs is 1. The van der Waals surface area contributed by atoms with Gasteiger partial charge in [0, 0.05) is 17.8 Å². The molecule has 0 radical (unpaired) electrons. The molecule has 3 rings (SSSR count). The molecule has 4 nitrogen and oxygen atoms in total. The minimum absolute atomic E-state index is 0.0512. The van der Waals surface area contributed by atoms with Crippen LogP contribution in [0.1, 0.15) is 16.8 Å². The Labute approximate surface area is 124 Å². The summed E-state index contributed by atoms with van der Waals surface area (Å²) < 4.78 is 0. The summed E-state index contributed by atoms with van der Waals surface area (Å²) in [5.41, 5.74) is 0.641. The van der Waals surface area contributed by atoms with Crippen LogP contribution in [-0.2, 0) is 4.79 Å². The van der Waals surface area contributed by atoms with Crippen LogP contribution in [-0.4, -0.2) is 28.4 Å². The predicted molar refractivity (Wildman–Crippen MR) is 80.6 cm³/mol. The maximum absolute atomic E-state index is 12.0. The fourth-order valence-electron chi connectivity index (χ4n) is 2.52. The van der Waals surface area contributed by atoms with Crippen LogP contribution in [0.25, 0.3) is 10.8 Å². The van der Waals surface area contributed by atoms with Gasteiger partial charge in [-0.1, -0.05) is 40.2 Å². The summed E-state index contributed by atoms with van der Waals surface area (Å²) >= 11 is 3.42. The van der Waals surface area contributed by atoms with E-state index in [1.54, 1.807) is 17.0 Å². The van der Waals surface area contributed by atoms with Gasteiger partial charge < -0.3 is 10.0 Å². The molecular weight excluding hydrogens is 322 g/mol. The van der Waals surface area contributed by atoms with Crippen molar-refractivity contribution in [2.24, 2.45) is 0 Å². The van der Waals surface area contributed by atoms with E-state index in [0.717, 1.165) is 10.8 Å². The smallest absolute Gasteiger partial charge is 0.337 e. The van der Waals surface area contributed by atoms with Crippen molar-refractivity contribution in [2.75, 3.05) is 11.4 Å².